The predicted molar refractivity (Wildman–Crippen MR) is 52.1 cm³/mol. The molecule has 0 fully saturated rings. The third-order valence-electron chi connectivity index (χ3n) is 1.77. The molecule has 0 aliphatic carbocycles. The summed E-state index contributed by atoms with van der Waals surface area (Å²) in [5.41, 5.74) is 0.768. The first-order valence-electron chi connectivity index (χ1n) is 3.40. The predicted octanol–water partition coefficient (Wildman–Crippen LogP) is 2.66. The maximum Gasteiger partial charge on any atom is 0.0891 e. The molecular weight excluding hydrogens is 195 g/mol. The number of nitrogens with zero attached hydrogens (tertiary/aromatic N) is 1. The standard InChI is InChI=1S/C8H6Cl2N2/c9-6-1-2-7(10)8-5(6)3-4-12(8)11/h1-4H,11H2. The van der Waals surface area contributed by atoms with E-state index in [-0.39, 0.29) is 0 Å². The summed E-state index contributed by atoms with van der Waals surface area (Å²) in [4.78, 5) is 0. The molecule has 12 heavy (non-hydrogen) atoms. The highest BCUT2D eigenvalue weighted by atomic mass is 35.5. The van der Waals surface area contributed by atoms with Gasteiger partial charge < -0.3 is 5.84 Å². The van der Waals surface area contributed by atoms with Gasteiger partial charge in [0, 0.05) is 11.6 Å². The minimum absolute atomic E-state index is 0.613. The number of aromatic nitrogens is 1. The van der Waals surface area contributed by atoms with Gasteiger partial charge in [0.15, 0.2) is 0 Å². The lowest BCUT2D eigenvalue weighted by Crippen LogP contribution is -2.05. The third-order valence-corrected chi connectivity index (χ3v) is 2.41. The molecular formula is C8H6Cl2N2. The zero-order valence-electron chi connectivity index (χ0n) is 6.09. The molecule has 0 atom stereocenters. The Morgan fingerprint density at radius 1 is 1.08 bits per heavy atom. The van der Waals surface area contributed by atoms with Gasteiger partial charge >= 0.3 is 0 Å². The van der Waals surface area contributed by atoms with Gasteiger partial charge in [-0.1, -0.05) is 23.2 Å². The molecule has 0 spiro atoms. The quantitative estimate of drug-likeness (QED) is 0.652. The van der Waals surface area contributed by atoms with Crippen molar-refractivity contribution < 1.29 is 0 Å². The highest BCUT2D eigenvalue weighted by Crippen LogP contribution is 2.29. The number of hydrogen-bond acceptors (Lipinski definition) is 1. The molecule has 2 aromatic rings. The molecule has 1 heterocycles. The van der Waals surface area contributed by atoms with Crippen molar-refractivity contribution in [1.82, 2.24) is 4.68 Å². The van der Waals surface area contributed by atoms with E-state index < -0.39 is 0 Å². The molecule has 0 saturated carbocycles. The monoisotopic (exact) mass is 200 g/mol. The first-order chi connectivity index (χ1) is 5.70. The maximum atomic E-state index is 5.92. The van der Waals surface area contributed by atoms with Crippen LogP contribution in [0.1, 0.15) is 0 Å². The van der Waals surface area contributed by atoms with E-state index in [1.54, 1.807) is 18.3 Å². The summed E-state index contributed by atoms with van der Waals surface area (Å²) in [7, 11) is 0. The fourth-order valence-corrected chi connectivity index (χ4v) is 1.69. The molecule has 2 rings (SSSR count). The Balaban J connectivity index is 2.98. The van der Waals surface area contributed by atoms with E-state index in [1.807, 2.05) is 6.07 Å². The lowest BCUT2D eigenvalue weighted by Gasteiger charge is -1.99. The van der Waals surface area contributed by atoms with Crippen LogP contribution in [0.3, 0.4) is 0 Å². The van der Waals surface area contributed by atoms with Crippen molar-refractivity contribution in [1.29, 1.82) is 0 Å². The van der Waals surface area contributed by atoms with Crippen molar-refractivity contribution in [3.8, 4) is 0 Å². The average Bonchev–Trinajstić information content (AvgIpc) is 2.42. The SMILES string of the molecule is Nn1ccc2c(Cl)ccc(Cl)c21. The van der Waals surface area contributed by atoms with Crippen molar-refractivity contribution >= 4 is 34.1 Å². The second kappa shape index (κ2) is 2.57. The number of halogens is 2. The Hall–Kier alpha value is -0.860. The molecule has 0 unspecified atom stereocenters. The molecule has 62 valence electrons. The first kappa shape index (κ1) is 7.77. The van der Waals surface area contributed by atoms with Crippen LogP contribution in [0.15, 0.2) is 24.4 Å². The highest BCUT2D eigenvalue weighted by molar-refractivity contribution is 6.39. The Labute approximate surface area is 79.4 Å². The summed E-state index contributed by atoms with van der Waals surface area (Å²) in [5, 5.41) is 2.16. The zero-order chi connectivity index (χ0) is 8.72. The molecule has 0 radical (unpaired) electrons. The molecule has 4 heteroatoms. The number of rotatable bonds is 0. The summed E-state index contributed by atoms with van der Waals surface area (Å²) >= 11 is 11.8. The summed E-state index contributed by atoms with van der Waals surface area (Å²) in [6.45, 7) is 0. The maximum absolute atomic E-state index is 5.92. The van der Waals surface area contributed by atoms with Gasteiger partial charge in [0.1, 0.15) is 0 Å². The van der Waals surface area contributed by atoms with Crippen LogP contribution in [0.4, 0.5) is 0 Å². The topological polar surface area (TPSA) is 30.9 Å². The van der Waals surface area contributed by atoms with Crippen molar-refractivity contribution in [2.45, 2.75) is 0 Å². The molecule has 2 nitrogen and oxygen atoms in total. The minimum atomic E-state index is 0.613. The average molecular weight is 201 g/mol. The highest BCUT2D eigenvalue weighted by Gasteiger charge is 2.05. The fraction of sp³-hybridized carbons (Fsp3) is 0. The summed E-state index contributed by atoms with van der Waals surface area (Å²) in [6, 6.07) is 5.32. The summed E-state index contributed by atoms with van der Waals surface area (Å²) < 4.78 is 1.46. The second-order valence-electron chi connectivity index (χ2n) is 2.51. The van der Waals surface area contributed by atoms with E-state index in [9.17, 15) is 0 Å². The van der Waals surface area contributed by atoms with E-state index in [2.05, 4.69) is 0 Å². The van der Waals surface area contributed by atoms with E-state index in [1.165, 1.54) is 4.68 Å². The second-order valence-corrected chi connectivity index (χ2v) is 3.33. The van der Waals surface area contributed by atoms with Crippen LogP contribution in [0, 0.1) is 0 Å². The van der Waals surface area contributed by atoms with Gasteiger partial charge in [-0.2, -0.15) is 0 Å². The van der Waals surface area contributed by atoms with Crippen molar-refractivity contribution in [2.24, 2.45) is 0 Å². The molecule has 2 N–H and O–H groups in total. The van der Waals surface area contributed by atoms with E-state index >= 15 is 0 Å². The van der Waals surface area contributed by atoms with E-state index in [0.717, 1.165) is 10.9 Å². The van der Waals surface area contributed by atoms with Crippen molar-refractivity contribution in [3.05, 3.63) is 34.4 Å². The van der Waals surface area contributed by atoms with Gasteiger partial charge in [-0.05, 0) is 18.2 Å². The summed E-state index contributed by atoms with van der Waals surface area (Å²) in [6.07, 6.45) is 1.72. The van der Waals surface area contributed by atoms with Crippen molar-refractivity contribution in [3.63, 3.8) is 0 Å². The molecule has 0 bridgehead atoms. The molecule has 0 aliphatic heterocycles. The van der Waals surface area contributed by atoms with Gasteiger partial charge in [-0.15, -0.1) is 0 Å². The van der Waals surface area contributed by atoms with Gasteiger partial charge in [0.2, 0.25) is 0 Å². The Morgan fingerprint density at radius 2 is 1.75 bits per heavy atom. The number of nitrogens with two attached hydrogens (primary N) is 1. The van der Waals surface area contributed by atoms with Crippen LogP contribution in [0.25, 0.3) is 10.9 Å². The molecule has 1 aromatic carbocycles. The minimum Gasteiger partial charge on any atom is -0.339 e. The Bertz CT molecular complexity index is 434. The van der Waals surface area contributed by atoms with Gasteiger partial charge in [0.25, 0.3) is 0 Å². The van der Waals surface area contributed by atoms with E-state index in [0.29, 0.717) is 10.0 Å². The van der Waals surface area contributed by atoms with Crippen LogP contribution in [-0.4, -0.2) is 4.68 Å². The van der Waals surface area contributed by atoms with Crippen LogP contribution in [0.2, 0.25) is 10.0 Å². The van der Waals surface area contributed by atoms with Crippen molar-refractivity contribution in [2.75, 3.05) is 5.84 Å². The number of benzene rings is 1. The largest absolute Gasteiger partial charge is 0.339 e. The molecule has 0 amide bonds. The number of fused-ring (bicyclic) bond motifs is 1. The van der Waals surface area contributed by atoms with Crippen LogP contribution in [0.5, 0.6) is 0 Å². The normalized spacial score (nSPS) is 10.8. The first-order valence-corrected chi connectivity index (χ1v) is 4.16. The van der Waals surface area contributed by atoms with Crippen LogP contribution in [-0.2, 0) is 0 Å². The summed E-state index contributed by atoms with van der Waals surface area (Å²) in [5.74, 6) is 5.62. The number of hydrogen-bond donors (Lipinski definition) is 1. The smallest absolute Gasteiger partial charge is 0.0891 e. The van der Waals surface area contributed by atoms with Gasteiger partial charge in [-0.25, -0.2) is 0 Å². The Kier molecular flexibility index (Phi) is 1.67. The lowest BCUT2D eigenvalue weighted by atomic mass is 10.2. The van der Waals surface area contributed by atoms with Gasteiger partial charge in [-0.3, -0.25) is 4.68 Å². The van der Waals surface area contributed by atoms with Crippen LogP contribution >= 0.6 is 23.2 Å². The number of nitrogen functional groups attached to an aromatic ring is 1. The fourth-order valence-electron chi connectivity index (χ4n) is 1.21. The lowest BCUT2D eigenvalue weighted by molar-refractivity contribution is 1.07. The van der Waals surface area contributed by atoms with Gasteiger partial charge in [0.05, 0.1) is 15.6 Å². The third kappa shape index (κ3) is 0.958. The Morgan fingerprint density at radius 3 is 2.42 bits per heavy atom. The molecule has 0 aliphatic rings. The molecule has 0 saturated heterocycles. The van der Waals surface area contributed by atoms with E-state index in [4.69, 9.17) is 29.0 Å². The van der Waals surface area contributed by atoms with Crippen LogP contribution < -0.4 is 5.84 Å². The zero-order valence-corrected chi connectivity index (χ0v) is 7.60. The molecule has 1 aromatic heterocycles.